The number of ether oxygens (including phenoxy) is 2. The Bertz CT molecular complexity index is 678. The maximum atomic E-state index is 5.66. The van der Waals surface area contributed by atoms with E-state index in [1.165, 1.54) is 10.9 Å². The normalized spacial score (nSPS) is 17.3. The van der Waals surface area contributed by atoms with Crippen LogP contribution in [0.5, 0.6) is 0 Å². The van der Waals surface area contributed by atoms with Crippen LogP contribution in [0.25, 0.3) is 10.2 Å². The predicted octanol–water partition coefficient (Wildman–Crippen LogP) is 3.76. The van der Waals surface area contributed by atoms with Crippen LogP contribution in [0.1, 0.15) is 38.6 Å². The Morgan fingerprint density at radius 2 is 2.04 bits per heavy atom. The van der Waals surface area contributed by atoms with Gasteiger partial charge in [-0.15, -0.1) is 11.3 Å². The molecular formula is C17H25N3O2S. The summed E-state index contributed by atoms with van der Waals surface area (Å²) >= 11 is 1.70. The Hall–Kier alpha value is -1.24. The molecular weight excluding hydrogens is 310 g/mol. The fourth-order valence-electron chi connectivity index (χ4n) is 2.93. The molecule has 0 radical (unpaired) electrons. The smallest absolute Gasteiger partial charge is 0.167 e. The van der Waals surface area contributed by atoms with Gasteiger partial charge in [0.05, 0.1) is 18.6 Å². The van der Waals surface area contributed by atoms with E-state index in [1.807, 2.05) is 13.8 Å². The van der Waals surface area contributed by atoms with Crippen LogP contribution in [-0.4, -0.2) is 35.5 Å². The van der Waals surface area contributed by atoms with E-state index in [4.69, 9.17) is 9.47 Å². The molecule has 1 aliphatic rings. The van der Waals surface area contributed by atoms with E-state index in [1.54, 1.807) is 11.3 Å². The van der Waals surface area contributed by atoms with Crippen molar-refractivity contribution < 1.29 is 9.47 Å². The molecule has 1 N–H and O–H groups in total. The van der Waals surface area contributed by atoms with E-state index in [-0.39, 0.29) is 0 Å². The van der Waals surface area contributed by atoms with Crippen molar-refractivity contribution in [3.05, 3.63) is 16.8 Å². The van der Waals surface area contributed by atoms with Gasteiger partial charge in [-0.05, 0) is 37.1 Å². The highest BCUT2D eigenvalue weighted by molar-refractivity contribution is 7.17. The van der Waals surface area contributed by atoms with Gasteiger partial charge in [-0.2, -0.15) is 0 Å². The van der Waals surface area contributed by atoms with E-state index in [9.17, 15) is 0 Å². The number of thiophene rings is 1. The van der Waals surface area contributed by atoms with Crippen LogP contribution in [-0.2, 0) is 15.9 Å². The molecule has 1 saturated heterocycles. The molecule has 2 aromatic rings. The Morgan fingerprint density at radius 3 is 2.74 bits per heavy atom. The Kier molecular flexibility index (Phi) is 4.85. The first-order valence-electron chi connectivity index (χ1n) is 8.23. The van der Waals surface area contributed by atoms with Gasteiger partial charge in [0.1, 0.15) is 16.5 Å². The summed E-state index contributed by atoms with van der Waals surface area (Å²) in [6, 6.07) is 0. The second kappa shape index (κ2) is 6.71. The van der Waals surface area contributed by atoms with Gasteiger partial charge in [0, 0.05) is 13.0 Å². The van der Waals surface area contributed by atoms with Crippen molar-refractivity contribution in [1.29, 1.82) is 0 Å². The van der Waals surface area contributed by atoms with E-state index in [0.717, 1.165) is 35.9 Å². The summed E-state index contributed by atoms with van der Waals surface area (Å²) in [4.78, 5) is 10.3. The molecule has 2 aromatic heterocycles. The highest BCUT2D eigenvalue weighted by Gasteiger charge is 2.30. The van der Waals surface area contributed by atoms with Crippen LogP contribution in [0, 0.1) is 12.8 Å². The third kappa shape index (κ3) is 3.82. The van der Waals surface area contributed by atoms with Gasteiger partial charge in [-0.3, -0.25) is 0 Å². The average Bonchev–Trinajstić information content (AvgIpc) is 3.05. The molecule has 1 fully saturated rings. The molecule has 23 heavy (non-hydrogen) atoms. The molecule has 3 rings (SSSR count). The van der Waals surface area contributed by atoms with Crippen LogP contribution >= 0.6 is 11.3 Å². The highest BCUT2D eigenvalue weighted by Crippen LogP contribution is 2.32. The Labute approximate surface area is 141 Å². The van der Waals surface area contributed by atoms with Gasteiger partial charge in [-0.25, -0.2) is 9.97 Å². The minimum Gasteiger partial charge on any atom is -0.369 e. The quantitative estimate of drug-likeness (QED) is 0.871. The summed E-state index contributed by atoms with van der Waals surface area (Å²) in [6.45, 7) is 10.5. The van der Waals surface area contributed by atoms with Crippen molar-refractivity contribution >= 4 is 27.4 Å². The van der Waals surface area contributed by atoms with E-state index in [2.05, 4.69) is 34.5 Å². The molecule has 6 heteroatoms. The maximum Gasteiger partial charge on any atom is 0.167 e. The van der Waals surface area contributed by atoms with Gasteiger partial charge in [-0.1, -0.05) is 13.8 Å². The van der Waals surface area contributed by atoms with Gasteiger partial charge in [0.25, 0.3) is 0 Å². The maximum absolute atomic E-state index is 5.66. The summed E-state index contributed by atoms with van der Waals surface area (Å²) in [6.07, 6.45) is 1.84. The fraction of sp³-hybridized carbons (Fsp3) is 0.647. The number of hydrogen-bond donors (Lipinski definition) is 1. The molecule has 0 aliphatic carbocycles. The monoisotopic (exact) mass is 335 g/mol. The van der Waals surface area contributed by atoms with Gasteiger partial charge in [0.15, 0.2) is 5.79 Å². The standard InChI is InChI=1S/C17H25N3O2S/c1-11(2)9-13-10-23-16-14(13)15(19-12(3)20-16)18-6-5-17(4)21-7-8-22-17/h10-11H,5-9H2,1-4H3,(H,18,19,20). The molecule has 0 unspecified atom stereocenters. The van der Waals surface area contributed by atoms with Crippen molar-refractivity contribution in [1.82, 2.24) is 9.97 Å². The van der Waals surface area contributed by atoms with Crippen LogP contribution in [0.3, 0.4) is 0 Å². The lowest BCUT2D eigenvalue weighted by atomic mass is 10.0. The number of hydrogen-bond acceptors (Lipinski definition) is 6. The van der Waals surface area contributed by atoms with Gasteiger partial charge in [0.2, 0.25) is 0 Å². The summed E-state index contributed by atoms with van der Waals surface area (Å²) in [5, 5.41) is 6.87. The molecule has 0 saturated carbocycles. The molecule has 0 atom stereocenters. The molecule has 0 spiro atoms. The largest absolute Gasteiger partial charge is 0.369 e. The minimum absolute atomic E-state index is 0.469. The van der Waals surface area contributed by atoms with Crippen molar-refractivity contribution in [3.63, 3.8) is 0 Å². The zero-order valence-electron chi connectivity index (χ0n) is 14.3. The van der Waals surface area contributed by atoms with Crippen molar-refractivity contribution in [2.75, 3.05) is 25.1 Å². The summed E-state index contributed by atoms with van der Waals surface area (Å²) in [7, 11) is 0. The zero-order chi connectivity index (χ0) is 16.4. The number of rotatable bonds is 6. The highest BCUT2D eigenvalue weighted by atomic mass is 32.1. The molecule has 126 valence electrons. The van der Waals surface area contributed by atoms with Crippen LogP contribution in [0.4, 0.5) is 5.82 Å². The summed E-state index contributed by atoms with van der Waals surface area (Å²) < 4.78 is 11.3. The number of anilines is 1. The first-order valence-corrected chi connectivity index (χ1v) is 9.11. The topological polar surface area (TPSA) is 56.3 Å². The van der Waals surface area contributed by atoms with Crippen molar-refractivity contribution in [2.24, 2.45) is 5.92 Å². The average molecular weight is 335 g/mol. The fourth-order valence-corrected chi connectivity index (χ4v) is 3.93. The first kappa shape index (κ1) is 16.6. The van der Waals surface area contributed by atoms with Gasteiger partial charge >= 0.3 is 0 Å². The summed E-state index contributed by atoms with van der Waals surface area (Å²) in [5.41, 5.74) is 1.34. The second-order valence-electron chi connectivity index (χ2n) is 6.67. The number of aromatic nitrogens is 2. The van der Waals surface area contributed by atoms with Crippen LogP contribution < -0.4 is 5.32 Å². The van der Waals surface area contributed by atoms with E-state index < -0.39 is 5.79 Å². The zero-order valence-corrected chi connectivity index (χ0v) is 15.1. The van der Waals surface area contributed by atoms with Crippen LogP contribution in [0.2, 0.25) is 0 Å². The van der Waals surface area contributed by atoms with E-state index in [0.29, 0.717) is 19.1 Å². The molecule has 3 heterocycles. The SMILES string of the molecule is Cc1nc(NCCC2(C)OCCO2)c2c(CC(C)C)csc2n1. The van der Waals surface area contributed by atoms with Crippen LogP contribution in [0.15, 0.2) is 5.38 Å². The van der Waals surface area contributed by atoms with E-state index >= 15 is 0 Å². The number of aryl methyl sites for hydroxylation is 1. The van der Waals surface area contributed by atoms with Gasteiger partial charge < -0.3 is 14.8 Å². The number of fused-ring (bicyclic) bond motifs is 1. The molecule has 1 aliphatic heterocycles. The third-order valence-electron chi connectivity index (χ3n) is 4.02. The second-order valence-corrected chi connectivity index (χ2v) is 7.52. The first-order chi connectivity index (χ1) is 11.0. The molecule has 5 nitrogen and oxygen atoms in total. The molecule has 0 aromatic carbocycles. The predicted molar refractivity (Wildman–Crippen MR) is 94.1 cm³/mol. The number of nitrogens with one attached hydrogen (secondary N) is 1. The Morgan fingerprint density at radius 1 is 1.30 bits per heavy atom. The lowest BCUT2D eigenvalue weighted by molar-refractivity contribution is -0.144. The summed E-state index contributed by atoms with van der Waals surface area (Å²) in [5.74, 6) is 1.88. The minimum atomic E-state index is -0.469. The lowest BCUT2D eigenvalue weighted by Crippen LogP contribution is -2.28. The molecule has 0 amide bonds. The molecule has 0 bridgehead atoms. The van der Waals surface area contributed by atoms with Crippen molar-refractivity contribution in [3.8, 4) is 0 Å². The Balaban J connectivity index is 1.79. The van der Waals surface area contributed by atoms with Crippen molar-refractivity contribution in [2.45, 2.75) is 46.3 Å². The number of nitrogens with zero attached hydrogens (tertiary/aromatic N) is 2. The third-order valence-corrected chi connectivity index (χ3v) is 4.94. The lowest BCUT2D eigenvalue weighted by Gasteiger charge is -2.22.